The van der Waals surface area contributed by atoms with Gasteiger partial charge in [-0.15, -0.1) is 0 Å². The van der Waals surface area contributed by atoms with Gasteiger partial charge in [-0.2, -0.15) is 0 Å². The van der Waals surface area contributed by atoms with Crippen LogP contribution in [0.1, 0.15) is 24.0 Å². The Kier molecular flexibility index (Phi) is 4.57. The van der Waals surface area contributed by atoms with Gasteiger partial charge in [-0.3, -0.25) is 4.79 Å². The van der Waals surface area contributed by atoms with Gasteiger partial charge in [0, 0.05) is 25.9 Å². The van der Waals surface area contributed by atoms with Gasteiger partial charge < -0.3 is 15.3 Å². The lowest BCUT2D eigenvalue weighted by Gasteiger charge is -2.25. The van der Waals surface area contributed by atoms with Crippen LogP contribution in [-0.4, -0.2) is 41.6 Å². The smallest absolute Gasteiger partial charge is 0.328 e. The number of carbonyl (C=O) groups is 2. The van der Waals surface area contributed by atoms with Crippen LogP contribution in [0.3, 0.4) is 0 Å². The maximum atomic E-state index is 11.9. The van der Waals surface area contributed by atoms with Crippen molar-refractivity contribution in [3.05, 3.63) is 29.5 Å². The van der Waals surface area contributed by atoms with Gasteiger partial charge in [0.15, 0.2) is 0 Å². The van der Waals surface area contributed by atoms with Crippen molar-refractivity contribution in [1.29, 1.82) is 0 Å². The maximum absolute atomic E-state index is 11.9. The number of hydrogen-bond acceptors (Lipinski definition) is 4. The third kappa shape index (κ3) is 3.39. The number of likely N-dealkylation sites (N-methyl/N-ethyl adjacent to an activating group) is 1. The first-order valence-corrected chi connectivity index (χ1v) is 6.89. The highest BCUT2D eigenvalue weighted by molar-refractivity contribution is 5.86. The number of aromatic nitrogens is 1. The van der Waals surface area contributed by atoms with Crippen LogP contribution < -0.4 is 10.2 Å². The van der Waals surface area contributed by atoms with E-state index in [9.17, 15) is 9.59 Å². The first kappa shape index (κ1) is 15.0. The van der Waals surface area contributed by atoms with E-state index < -0.39 is 5.97 Å². The molecule has 1 fully saturated rings. The Balaban J connectivity index is 2.24. The summed E-state index contributed by atoms with van der Waals surface area (Å²) in [5.41, 5.74) is 1.66. The van der Waals surface area contributed by atoms with E-state index in [1.165, 1.54) is 6.08 Å². The van der Waals surface area contributed by atoms with E-state index >= 15 is 0 Å². The van der Waals surface area contributed by atoms with Crippen LogP contribution in [0.4, 0.5) is 5.82 Å². The van der Waals surface area contributed by atoms with Crippen LogP contribution >= 0.6 is 0 Å². The third-order valence-corrected chi connectivity index (χ3v) is 3.56. The van der Waals surface area contributed by atoms with E-state index in [1.54, 1.807) is 13.2 Å². The molecular weight excluding hydrogens is 270 g/mol. The number of anilines is 1. The molecule has 6 nitrogen and oxygen atoms in total. The summed E-state index contributed by atoms with van der Waals surface area (Å²) in [6.07, 6.45) is 5.99. The molecule has 0 saturated carbocycles. The molecule has 0 aromatic carbocycles. The van der Waals surface area contributed by atoms with Crippen molar-refractivity contribution in [3.8, 4) is 0 Å². The van der Waals surface area contributed by atoms with Crippen LogP contribution in [0.5, 0.6) is 0 Å². The summed E-state index contributed by atoms with van der Waals surface area (Å²) in [4.78, 5) is 28.8. The van der Waals surface area contributed by atoms with E-state index in [0.29, 0.717) is 0 Å². The van der Waals surface area contributed by atoms with Gasteiger partial charge in [0.05, 0.1) is 0 Å². The van der Waals surface area contributed by atoms with E-state index in [-0.39, 0.29) is 11.9 Å². The first-order chi connectivity index (χ1) is 10.0. The molecule has 2 heterocycles. The fraction of sp³-hybridized carbons (Fsp3) is 0.400. The molecular formula is C15H19N3O3. The van der Waals surface area contributed by atoms with E-state index in [2.05, 4.69) is 10.3 Å². The van der Waals surface area contributed by atoms with Crippen molar-refractivity contribution in [2.24, 2.45) is 0 Å². The van der Waals surface area contributed by atoms with Crippen molar-refractivity contribution in [2.75, 3.05) is 18.5 Å². The monoisotopic (exact) mass is 289 g/mol. The SMILES string of the molecule is CNC(=O)C1CCCN1c1ncc(/C=C/C(=O)O)cc1C. The fourth-order valence-corrected chi connectivity index (χ4v) is 2.61. The van der Waals surface area contributed by atoms with Gasteiger partial charge in [-0.1, -0.05) is 0 Å². The molecule has 0 radical (unpaired) electrons. The molecule has 0 bridgehead atoms. The third-order valence-electron chi connectivity index (χ3n) is 3.56. The van der Waals surface area contributed by atoms with Crippen molar-refractivity contribution in [1.82, 2.24) is 10.3 Å². The summed E-state index contributed by atoms with van der Waals surface area (Å²) in [6, 6.07) is 1.70. The molecule has 1 amide bonds. The number of nitrogens with zero attached hydrogens (tertiary/aromatic N) is 2. The average molecular weight is 289 g/mol. The quantitative estimate of drug-likeness (QED) is 0.814. The van der Waals surface area contributed by atoms with Gasteiger partial charge >= 0.3 is 5.97 Å². The predicted octanol–water partition coefficient (Wildman–Crippen LogP) is 1.20. The molecule has 1 aromatic rings. The molecule has 112 valence electrons. The highest BCUT2D eigenvalue weighted by Gasteiger charge is 2.31. The van der Waals surface area contributed by atoms with Gasteiger partial charge in [-0.05, 0) is 43.0 Å². The first-order valence-electron chi connectivity index (χ1n) is 6.89. The lowest BCUT2D eigenvalue weighted by Crippen LogP contribution is -2.42. The fourth-order valence-electron chi connectivity index (χ4n) is 2.61. The van der Waals surface area contributed by atoms with Gasteiger partial charge in [-0.25, -0.2) is 9.78 Å². The van der Waals surface area contributed by atoms with Crippen molar-refractivity contribution < 1.29 is 14.7 Å². The lowest BCUT2D eigenvalue weighted by atomic mass is 10.1. The number of rotatable bonds is 4. The summed E-state index contributed by atoms with van der Waals surface area (Å²) < 4.78 is 0. The number of aliphatic carboxylic acids is 1. The molecule has 1 unspecified atom stereocenters. The highest BCUT2D eigenvalue weighted by atomic mass is 16.4. The second-order valence-electron chi connectivity index (χ2n) is 5.05. The topological polar surface area (TPSA) is 82.5 Å². The highest BCUT2D eigenvalue weighted by Crippen LogP contribution is 2.27. The van der Waals surface area contributed by atoms with Gasteiger partial charge in [0.25, 0.3) is 0 Å². The van der Waals surface area contributed by atoms with E-state index in [1.807, 2.05) is 17.9 Å². The molecule has 1 saturated heterocycles. The molecule has 1 aromatic heterocycles. The number of aryl methyl sites for hydroxylation is 1. The second-order valence-corrected chi connectivity index (χ2v) is 5.05. The summed E-state index contributed by atoms with van der Waals surface area (Å²) in [6.45, 7) is 2.72. The van der Waals surface area contributed by atoms with Crippen LogP contribution in [0.25, 0.3) is 6.08 Å². The molecule has 2 N–H and O–H groups in total. The summed E-state index contributed by atoms with van der Waals surface area (Å²) >= 11 is 0. The molecule has 21 heavy (non-hydrogen) atoms. The van der Waals surface area contributed by atoms with E-state index in [4.69, 9.17) is 5.11 Å². The zero-order valence-corrected chi connectivity index (χ0v) is 12.2. The Labute approximate surface area is 123 Å². The van der Waals surface area contributed by atoms with E-state index in [0.717, 1.165) is 42.4 Å². The predicted molar refractivity (Wildman–Crippen MR) is 80.1 cm³/mol. The Hall–Kier alpha value is -2.37. The number of pyridine rings is 1. The molecule has 1 aliphatic rings. The number of nitrogens with one attached hydrogen (secondary N) is 1. The van der Waals surface area contributed by atoms with Crippen molar-refractivity contribution in [3.63, 3.8) is 0 Å². The molecule has 0 aliphatic carbocycles. The lowest BCUT2D eigenvalue weighted by molar-refractivity contribution is -0.131. The van der Waals surface area contributed by atoms with Crippen molar-refractivity contribution in [2.45, 2.75) is 25.8 Å². The number of carboxylic acid groups (broad SMARTS) is 1. The minimum absolute atomic E-state index is 0.00329. The Morgan fingerprint density at radius 3 is 2.90 bits per heavy atom. The molecule has 0 spiro atoms. The molecule has 1 aliphatic heterocycles. The second kappa shape index (κ2) is 6.39. The van der Waals surface area contributed by atoms with Crippen LogP contribution in [0, 0.1) is 6.92 Å². The standard InChI is InChI=1S/C15H19N3O3/c1-10-8-11(5-6-13(19)20)9-17-14(10)18-7-3-4-12(18)15(21)16-2/h5-6,8-9,12H,3-4,7H2,1-2H3,(H,16,21)(H,19,20)/b6-5+. The molecule has 6 heteroatoms. The zero-order valence-electron chi connectivity index (χ0n) is 12.2. The molecule has 1 atom stereocenters. The average Bonchev–Trinajstić information content (AvgIpc) is 2.93. The van der Waals surface area contributed by atoms with Crippen LogP contribution in [0.15, 0.2) is 18.3 Å². The van der Waals surface area contributed by atoms with Gasteiger partial charge in [0.1, 0.15) is 11.9 Å². The number of hydrogen-bond donors (Lipinski definition) is 2. The summed E-state index contributed by atoms with van der Waals surface area (Å²) in [5.74, 6) is -0.201. The Morgan fingerprint density at radius 1 is 1.52 bits per heavy atom. The maximum Gasteiger partial charge on any atom is 0.328 e. The Bertz CT molecular complexity index is 584. The van der Waals surface area contributed by atoms with Crippen LogP contribution in [-0.2, 0) is 9.59 Å². The van der Waals surface area contributed by atoms with Gasteiger partial charge in [0.2, 0.25) is 5.91 Å². The summed E-state index contributed by atoms with van der Waals surface area (Å²) in [5, 5.41) is 11.3. The number of carboxylic acids is 1. The van der Waals surface area contributed by atoms with Crippen molar-refractivity contribution >= 4 is 23.8 Å². The van der Waals surface area contributed by atoms with Crippen LogP contribution in [0.2, 0.25) is 0 Å². The Morgan fingerprint density at radius 2 is 2.29 bits per heavy atom. The largest absolute Gasteiger partial charge is 0.478 e. The zero-order chi connectivity index (χ0) is 15.4. The summed E-state index contributed by atoms with van der Waals surface area (Å²) in [7, 11) is 1.64. The minimum atomic E-state index is -0.990. The normalized spacial score (nSPS) is 18.2. The number of amides is 1. The number of carbonyl (C=O) groups excluding carboxylic acids is 1. The molecule has 2 rings (SSSR count). The minimum Gasteiger partial charge on any atom is -0.478 e.